The lowest BCUT2D eigenvalue weighted by Crippen LogP contribution is -2.32. The van der Waals surface area contributed by atoms with Crippen molar-refractivity contribution in [2.24, 2.45) is 0 Å². The van der Waals surface area contributed by atoms with Gasteiger partial charge in [-0.2, -0.15) is 8.42 Å². The van der Waals surface area contributed by atoms with E-state index in [4.69, 9.17) is 9.47 Å². The second kappa shape index (κ2) is 10.4. The molecule has 0 atom stereocenters. The maximum Gasteiger partial charge on any atom is 0.291 e. The fraction of sp³-hybridized carbons (Fsp3) is 0.375. The molecule has 0 aliphatic rings. The Bertz CT molecular complexity index is 1340. The highest BCUT2D eigenvalue weighted by Gasteiger charge is 2.28. The second-order valence-corrected chi connectivity index (χ2v) is 11.4. The molecule has 11 heteroatoms. The molecule has 0 saturated carbocycles. The van der Waals surface area contributed by atoms with E-state index >= 15 is 0 Å². The summed E-state index contributed by atoms with van der Waals surface area (Å²) in [6, 6.07) is 5.99. The maximum atomic E-state index is 14.5. The number of benzene rings is 1. The predicted octanol–water partition coefficient (Wildman–Crippen LogP) is 4.41. The number of aromatic nitrogens is 2. The van der Waals surface area contributed by atoms with E-state index in [0.29, 0.717) is 33.8 Å². The molecule has 1 N–H and O–H groups in total. The summed E-state index contributed by atoms with van der Waals surface area (Å²) < 4.78 is 52.6. The molecule has 2 heterocycles. The third-order valence-corrected chi connectivity index (χ3v) is 8.18. The number of nitrogens with one attached hydrogen (secondary N) is 1. The lowest BCUT2D eigenvalue weighted by Gasteiger charge is -2.20. The van der Waals surface area contributed by atoms with Gasteiger partial charge in [-0.05, 0) is 60.2 Å². The maximum absolute atomic E-state index is 14.5. The van der Waals surface area contributed by atoms with Crippen LogP contribution in [0.5, 0.6) is 5.88 Å². The van der Waals surface area contributed by atoms with Crippen molar-refractivity contribution in [3.05, 3.63) is 58.5 Å². The van der Waals surface area contributed by atoms with Gasteiger partial charge in [0.15, 0.2) is 0 Å². The summed E-state index contributed by atoms with van der Waals surface area (Å²) in [7, 11) is -1.24. The van der Waals surface area contributed by atoms with Gasteiger partial charge in [-0.15, -0.1) is 11.3 Å². The standard InChI is InChI=1S/C24H28FN3O5S2/c1-14(2)17-10-16(25)11-18(15-7-8-26-22(9-15)32-5)19(17)12-21(29)28-35(30,31)23-27-20(13-34-23)24(3,4)33-6/h7-11,13-14H,12H2,1-6H3,(H,28,29). The van der Waals surface area contributed by atoms with Crippen LogP contribution in [0.2, 0.25) is 0 Å². The highest BCUT2D eigenvalue weighted by Crippen LogP contribution is 2.33. The average molecular weight is 522 g/mol. The molecule has 0 aliphatic carbocycles. The van der Waals surface area contributed by atoms with Crippen LogP contribution in [0.3, 0.4) is 0 Å². The Labute approximate surface area is 208 Å². The molecule has 0 radical (unpaired) electrons. The van der Waals surface area contributed by atoms with E-state index in [1.165, 1.54) is 32.5 Å². The minimum absolute atomic E-state index is 0.120. The highest BCUT2D eigenvalue weighted by atomic mass is 32.2. The Kier molecular flexibility index (Phi) is 7.93. The molecule has 0 spiro atoms. The van der Waals surface area contributed by atoms with Gasteiger partial charge in [0.05, 0.1) is 19.2 Å². The highest BCUT2D eigenvalue weighted by molar-refractivity contribution is 7.92. The van der Waals surface area contributed by atoms with Gasteiger partial charge in [-0.25, -0.2) is 19.1 Å². The number of hydrogen-bond acceptors (Lipinski definition) is 8. The van der Waals surface area contributed by atoms with Crippen molar-refractivity contribution in [1.29, 1.82) is 0 Å². The zero-order valence-electron chi connectivity index (χ0n) is 20.4. The molecule has 35 heavy (non-hydrogen) atoms. The first-order valence-corrected chi connectivity index (χ1v) is 13.1. The summed E-state index contributed by atoms with van der Waals surface area (Å²) in [5.74, 6) is -1.02. The molecule has 0 saturated heterocycles. The third-order valence-electron chi connectivity index (χ3n) is 5.55. The molecule has 3 rings (SSSR count). The first-order chi connectivity index (χ1) is 16.4. The Balaban J connectivity index is 1.96. The van der Waals surface area contributed by atoms with E-state index in [1.807, 2.05) is 13.8 Å². The summed E-state index contributed by atoms with van der Waals surface area (Å²) in [4.78, 5) is 21.2. The number of halogens is 1. The monoisotopic (exact) mass is 521 g/mol. The molecule has 1 aromatic carbocycles. The molecule has 2 aromatic heterocycles. The normalized spacial score (nSPS) is 12.1. The van der Waals surface area contributed by atoms with Crippen LogP contribution in [-0.2, 0) is 31.6 Å². The minimum Gasteiger partial charge on any atom is -0.481 e. The fourth-order valence-electron chi connectivity index (χ4n) is 3.47. The average Bonchev–Trinajstić information content (AvgIpc) is 3.32. The van der Waals surface area contributed by atoms with Gasteiger partial charge in [0.1, 0.15) is 11.4 Å². The Morgan fingerprint density at radius 3 is 2.57 bits per heavy atom. The van der Waals surface area contributed by atoms with E-state index in [9.17, 15) is 17.6 Å². The summed E-state index contributed by atoms with van der Waals surface area (Å²) in [6.45, 7) is 7.26. The molecule has 1 amide bonds. The van der Waals surface area contributed by atoms with Gasteiger partial charge in [-0.1, -0.05) is 13.8 Å². The molecule has 0 unspecified atom stereocenters. The Morgan fingerprint density at radius 1 is 1.23 bits per heavy atom. The number of carbonyl (C=O) groups excluding carboxylic acids is 1. The fourth-order valence-corrected chi connectivity index (χ4v) is 5.62. The number of ether oxygens (including phenoxy) is 2. The lowest BCUT2D eigenvalue weighted by atomic mass is 9.88. The smallest absolute Gasteiger partial charge is 0.291 e. The van der Waals surface area contributed by atoms with E-state index in [-0.39, 0.29) is 16.7 Å². The van der Waals surface area contributed by atoms with Crippen LogP contribution in [0, 0.1) is 5.82 Å². The van der Waals surface area contributed by atoms with Gasteiger partial charge in [-0.3, -0.25) is 4.79 Å². The molecular formula is C24H28FN3O5S2. The first-order valence-electron chi connectivity index (χ1n) is 10.8. The van der Waals surface area contributed by atoms with Gasteiger partial charge in [0, 0.05) is 24.8 Å². The van der Waals surface area contributed by atoms with Crippen LogP contribution in [0.1, 0.15) is 50.4 Å². The zero-order chi connectivity index (χ0) is 26.0. The Hall–Kier alpha value is -2.89. The Morgan fingerprint density at radius 2 is 1.94 bits per heavy atom. The van der Waals surface area contributed by atoms with Crippen molar-refractivity contribution in [2.75, 3.05) is 14.2 Å². The summed E-state index contributed by atoms with van der Waals surface area (Å²) >= 11 is 0.897. The van der Waals surface area contributed by atoms with Crippen LogP contribution in [0.4, 0.5) is 4.39 Å². The van der Waals surface area contributed by atoms with E-state index in [0.717, 1.165) is 11.3 Å². The predicted molar refractivity (Wildman–Crippen MR) is 131 cm³/mol. The number of rotatable bonds is 9. The number of nitrogens with zero attached hydrogens (tertiary/aromatic N) is 2. The van der Waals surface area contributed by atoms with Crippen LogP contribution in [-0.4, -0.2) is 38.5 Å². The lowest BCUT2D eigenvalue weighted by molar-refractivity contribution is -0.118. The summed E-state index contributed by atoms with van der Waals surface area (Å²) in [5.41, 5.74) is 1.82. The van der Waals surface area contributed by atoms with Crippen molar-refractivity contribution in [1.82, 2.24) is 14.7 Å². The van der Waals surface area contributed by atoms with Gasteiger partial charge >= 0.3 is 0 Å². The van der Waals surface area contributed by atoms with Gasteiger partial charge in [0.25, 0.3) is 10.0 Å². The zero-order valence-corrected chi connectivity index (χ0v) is 22.0. The minimum atomic E-state index is -4.21. The molecule has 0 aliphatic heterocycles. The van der Waals surface area contributed by atoms with E-state index in [2.05, 4.69) is 14.7 Å². The molecular weight excluding hydrogens is 493 g/mol. The van der Waals surface area contributed by atoms with Crippen molar-refractivity contribution >= 4 is 27.3 Å². The number of pyridine rings is 1. The summed E-state index contributed by atoms with van der Waals surface area (Å²) in [5, 5.41) is 1.58. The molecule has 8 nitrogen and oxygen atoms in total. The van der Waals surface area contributed by atoms with Crippen molar-refractivity contribution in [2.45, 2.75) is 50.0 Å². The van der Waals surface area contributed by atoms with Crippen LogP contribution >= 0.6 is 11.3 Å². The van der Waals surface area contributed by atoms with Gasteiger partial charge in [0.2, 0.25) is 16.1 Å². The van der Waals surface area contributed by atoms with Crippen LogP contribution in [0.25, 0.3) is 11.1 Å². The largest absolute Gasteiger partial charge is 0.481 e. The number of sulfonamides is 1. The molecule has 3 aromatic rings. The third kappa shape index (κ3) is 6.03. The number of methoxy groups -OCH3 is 2. The number of carbonyl (C=O) groups is 1. The SMILES string of the molecule is COc1cc(-c2cc(F)cc(C(C)C)c2CC(=O)NS(=O)(=O)c2nc(C(C)(C)OC)cs2)ccn1. The number of amides is 1. The molecule has 188 valence electrons. The van der Waals surface area contributed by atoms with Crippen molar-refractivity contribution in [3.8, 4) is 17.0 Å². The van der Waals surface area contributed by atoms with Crippen molar-refractivity contribution in [3.63, 3.8) is 0 Å². The molecule has 0 bridgehead atoms. The second-order valence-electron chi connectivity index (χ2n) is 8.68. The van der Waals surface area contributed by atoms with Crippen LogP contribution < -0.4 is 9.46 Å². The van der Waals surface area contributed by atoms with Crippen molar-refractivity contribution < 1.29 is 27.1 Å². The molecule has 0 fully saturated rings. The number of hydrogen-bond donors (Lipinski definition) is 1. The topological polar surface area (TPSA) is 107 Å². The first kappa shape index (κ1) is 26.7. The van der Waals surface area contributed by atoms with Gasteiger partial charge < -0.3 is 9.47 Å². The van der Waals surface area contributed by atoms with E-state index < -0.39 is 27.3 Å². The summed E-state index contributed by atoms with van der Waals surface area (Å²) in [6.07, 6.45) is 1.23. The van der Waals surface area contributed by atoms with Crippen LogP contribution in [0.15, 0.2) is 40.2 Å². The van der Waals surface area contributed by atoms with E-state index in [1.54, 1.807) is 31.4 Å². The number of thiazole rings is 1. The quantitative estimate of drug-likeness (QED) is 0.445.